The average Bonchev–Trinajstić information content (AvgIpc) is 2.13. The molecule has 2 heterocycles. The van der Waals surface area contributed by atoms with Crippen molar-refractivity contribution < 1.29 is 4.74 Å². The van der Waals surface area contributed by atoms with E-state index in [1.54, 1.807) is 24.0 Å². The van der Waals surface area contributed by atoms with E-state index in [1.165, 1.54) is 0 Å². The highest BCUT2D eigenvalue weighted by Gasteiger charge is 2.22. The molecular weight excluding hydrogens is 234 g/mol. The van der Waals surface area contributed by atoms with Gasteiger partial charge in [-0.15, -0.1) is 0 Å². The monoisotopic (exact) mass is 243 g/mol. The number of amidine groups is 1. The van der Waals surface area contributed by atoms with Crippen molar-refractivity contribution in [1.29, 1.82) is 5.41 Å². The van der Waals surface area contributed by atoms with E-state index in [-0.39, 0.29) is 5.84 Å². The molecule has 1 aromatic heterocycles. The van der Waals surface area contributed by atoms with Gasteiger partial charge in [0.05, 0.1) is 23.5 Å². The third-order valence-electron chi connectivity index (χ3n) is 2.03. The fourth-order valence-corrected chi connectivity index (χ4v) is 2.48. The van der Waals surface area contributed by atoms with Crippen LogP contribution < -0.4 is 5.73 Å². The molecule has 0 spiro atoms. The SMILES string of the molecule is N=C(N)c1ccnc(SC2COC2)c1Cl. The van der Waals surface area contributed by atoms with Gasteiger partial charge in [-0.25, -0.2) is 4.98 Å². The first-order valence-electron chi connectivity index (χ1n) is 4.42. The van der Waals surface area contributed by atoms with Crippen LogP contribution in [0.2, 0.25) is 5.02 Å². The number of hydrogen-bond acceptors (Lipinski definition) is 4. The first-order chi connectivity index (χ1) is 7.18. The summed E-state index contributed by atoms with van der Waals surface area (Å²) in [5, 5.41) is 8.94. The van der Waals surface area contributed by atoms with E-state index in [2.05, 4.69) is 4.98 Å². The van der Waals surface area contributed by atoms with E-state index >= 15 is 0 Å². The van der Waals surface area contributed by atoms with Crippen molar-refractivity contribution in [2.75, 3.05) is 13.2 Å². The lowest BCUT2D eigenvalue weighted by atomic mass is 10.2. The summed E-state index contributed by atoms with van der Waals surface area (Å²) in [6.45, 7) is 1.46. The van der Waals surface area contributed by atoms with Crippen LogP contribution in [0.5, 0.6) is 0 Å². The molecule has 0 atom stereocenters. The van der Waals surface area contributed by atoms with Gasteiger partial charge in [-0.1, -0.05) is 23.4 Å². The van der Waals surface area contributed by atoms with Gasteiger partial charge in [-0.3, -0.25) is 5.41 Å². The van der Waals surface area contributed by atoms with Gasteiger partial charge in [0.1, 0.15) is 10.9 Å². The second-order valence-corrected chi connectivity index (χ2v) is 4.84. The van der Waals surface area contributed by atoms with Crippen molar-refractivity contribution in [2.24, 2.45) is 5.73 Å². The number of thioether (sulfide) groups is 1. The summed E-state index contributed by atoms with van der Waals surface area (Å²) in [6.07, 6.45) is 1.62. The number of nitrogens with zero attached hydrogens (tertiary/aromatic N) is 1. The molecule has 1 fully saturated rings. The van der Waals surface area contributed by atoms with Crippen LogP contribution in [0, 0.1) is 5.41 Å². The van der Waals surface area contributed by atoms with Gasteiger partial charge < -0.3 is 10.5 Å². The van der Waals surface area contributed by atoms with Crippen LogP contribution in [-0.4, -0.2) is 29.3 Å². The fourth-order valence-electron chi connectivity index (χ4n) is 1.15. The van der Waals surface area contributed by atoms with Crippen LogP contribution in [0.3, 0.4) is 0 Å². The molecule has 1 aromatic rings. The minimum Gasteiger partial charge on any atom is -0.384 e. The molecule has 6 heteroatoms. The first-order valence-corrected chi connectivity index (χ1v) is 5.67. The standard InChI is InChI=1S/C9H10ClN3OS/c10-7-6(8(11)12)1-2-13-9(7)15-5-3-14-4-5/h1-2,5H,3-4H2,(H3,11,12). The van der Waals surface area contributed by atoms with Crippen LogP contribution in [0.15, 0.2) is 17.3 Å². The molecule has 1 aliphatic heterocycles. The molecule has 3 N–H and O–H groups in total. The van der Waals surface area contributed by atoms with E-state index in [1.807, 2.05) is 0 Å². The van der Waals surface area contributed by atoms with E-state index in [9.17, 15) is 0 Å². The molecule has 0 bridgehead atoms. The molecule has 80 valence electrons. The summed E-state index contributed by atoms with van der Waals surface area (Å²) in [7, 11) is 0. The Labute approximate surface area is 96.7 Å². The molecule has 15 heavy (non-hydrogen) atoms. The van der Waals surface area contributed by atoms with Crippen LogP contribution in [-0.2, 0) is 4.74 Å². The highest BCUT2D eigenvalue weighted by Crippen LogP contribution is 2.33. The second-order valence-electron chi connectivity index (χ2n) is 3.17. The number of nitrogens with one attached hydrogen (secondary N) is 1. The maximum atomic E-state index is 7.35. The van der Waals surface area contributed by atoms with Crippen LogP contribution in [0.4, 0.5) is 0 Å². The largest absolute Gasteiger partial charge is 0.384 e. The minimum absolute atomic E-state index is 0.0332. The number of nitrogens with two attached hydrogens (primary N) is 1. The van der Waals surface area contributed by atoms with Crippen LogP contribution in [0.25, 0.3) is 0 Å². The lowest BCUT2D eigenvalue weighted by molar-refractivity contribution is 0.0455. The Balaban J connectivity index is 2.22. The number of halogens is 1. The maximum absolute atomic E-state index is 7.35. The summed E-state index contributed by atoms with van der Waals surface area (Å²) < 4.78 is 5.07. The summed E-state index contributed by atoms with van der Waals surface area (Å²) >= 11 is 7.65. The Morgan fingerprint density at radius 3 is 2.93 bits per heavy atom. The normalized spacial score (nSPS) is 16.1. The van der Waals surface area contributed by atoms with Crippen LogP contribution >= 0.6 is 23.4 Å². The van der Waals surface area contributed by atoms with Crippen molar-refractivity contribution >= 4 is 29.2 Å². The minimum atomic E-state index is -0.0332. The number of hydrogen-bond donors (Lipinski definition) is 2. The molecule has 0 amide bonds. The fraction of sp³-hybridized carbons (Fsp3) is 0.333. The number of pyridine rings is 1. The molecule has 0 radical (unpaired) electrons. The molecule has 0 aliphatic carbocycles. The number of rotatable bonds is 3. The molecule has 0 unspecified atom stereocenters. The zero-order valence-corrected chi connectivity index (χ0v) is 9.44. The predicted molar refractivity (Wildman–Crippen MR) is 60.7 cm³/mol. The van der Waals surface area contributed by atoms with Crippen molar-refractivity contribution in [2.45, 2.75) is 10.3 Å². The van der Waals surface area contributed by atoms with Gasteiger partial charge in [0.2, 0.25) is 0 Å². The summed E-state index contributed by atoms with van der Waals surface area (Å²) in [6, 6.07) is 1.64. The number of ether oxygens (including phenoxy) is 1. The van der Waals surface area contributed by atoms with Gasteiger partial charge in [-0.05, 0) is 6.07 Å². The Kier molecular flexibility index (Phi) is 3.14. The maximum Gasteiger partial charge on any atom is 0.124 e. The molecular formula is C9H10ClN3OS. The van der Waals surface area contributed by atoms with Crippen LogP contribution in [0.1, 0.15) is 5.56 Å². The summed E-state index contributed by atoms with van der Waals surface area (Å²) in [5.74, 6) is -0.0332. The zero-order valence-electron chi connectivity index (χ0n) is 7.87. The van der Waals surface area contributed by atoms with Gasteiger partial charge in [-0.2, -0.15) is 0 Å². The van der Waals surface area contributed by atoms with Crippen molar-refractivity contribution in [3.63, 3.8) is 0 Å². The smallest absolute Gasteiger partial charge is 0.124 e. The summed E-state index contributed by atoms with van der Waals surface area (Å²) in [4.78, 5) is 4.17. The van der Waals surface area contributed by atoms with E-state index < -0.39 is 0 Å². The molecule has 0 aromatic carbocycles. The molecule has 1 aliphatic rings. The Hall–Kier alpha value is -0.780. The molecule has 0 saturated carbocycles. The van der Waals surface area contributed by atoms with Crippen molar-refractivity contribution in [1.82, 2.24) is 4.98 Å². The predicted octanol–water partition coefficient (Wildman–Crippen LogP) is 1.51. The van der Waals surface area contributed by atoms with E-state index in [0.29, 0.717) is 15.8 Å². The van der Waals surface area contributed by atoms with Gasteiger partial charge in [0.15, 0.2) is 0 Å². The van der Waals surface area contributed by atoms with Gasteiger partial charge in [0, 0.05) is 11.8 Å². The lowest BCUT2D eigenvalue weighted by Gasteiger charge is -2.25. The molecule has 2 rings (SSSR count). The lowest BCUT2D eigenvalue weighted by Crippen LogP contribution is -2.30. The zero-order chi connectivity index (χ0) is 10.8. The van der Waals surface area contributed by atoms with E-state index in [0.717, 1.165) is 18.2 Å². The topological polar surface area (TPSA) is 72.0 Å². The van der Waals surface area contributed by atoms with Crippen molar-refractivity contribution in [3.8, 4) is 0 Å². The molecule has 4 nitrogen and oxygen atoms in total. The third-order valence-corrected chi connectivity index (χ3v) is 3.67. The number of aromatic nitrogens is 1. The van der Waals surface area contributed by atoms with Crippen molar-refractivity contribution in [3.05, 3.63) is 22.8 Å². The second kappa shape index (κ2) is 4.38. The quantitative estimate of drug-likeness (QED) is 0.624. The molecule has 1 saturated heterocycles. The Morgan fingerprint density at radius 1 is 1.67 bits per heavy atom. The Bertz CT molecular complexity index is 395. The highest BCUT2D eigenvalue weighted by atomic mass is 35.5. The third kappa shape index (κ3) is 2.25. The summed E-state index contributed by atoms with van der Waals surface area (Å²) in [5.41, 5.74) is 5.93. The highest BCUT2D eigenvalue weighted by molar-refractivity contribution is 8.00. The van der Waals surface area contributed by atoms with E-state index in [4.69, 9.17) is 27.5 Å². The number of nitrogen functional groups attached to an aromatic ring is 1. The van der Waals surface area contributed by atoms with Gasteiger partial charge in [0.25, 0.3) is 0 Å². The first kappa shape index (κ1) is 10.7. The average molecular weight is 244 g/mol. The van der Waals surface area contributed by atoms with Gasteiger partial charge >= 0.3 is 0 Å². The Morgan fingerprint density at radius 2 is 2.40 bits per heavy atom.